The van der Waals surface area contributed by atoms with E-state index in [1.165, 1.54) is 24.5 Å². The summed E-state index contributed by atoms with van der Waals surface area (Å²) in [5.41, 5.74) is 5.79. The summed E-state index contributed by atoms with van der Waals surface area (Å²) in [6.07, 6.45) is 2.57. The van der Waals surface area contributed by atoms with E-state index in [0.717, 1.165) is 6.07 Å². The Balaban J connectivity index is 2.31. The second kappa shape index (κ2) is 6.30. The number of nitrogens with one attached hydrogen (secondary N) is 1. The molecule has 0 spiro atoms. The van der Waals surface area contributed by atoms with Gasteiger partial charge in [0.2, 0.25) is 5.03 Å². The molecular weight excluding hydrogens is 295 g/mol. The van der Waals surface area contributed by atoms with Crippen LogP contribution in [0.15, 0.2) is 41.7 Å². The molecule has 2 heterocycles. The number of hydrogen-bond donors (Lipinski definition) is 2. The van der Waals surface area contributed by atoms with E-state index >= 15 is 0 Å². The van der Waals surface area contributed by atoms with Crippen molar-refractivity contribution in [2.45, 2.75) is 5.03 Å². The second-order valence-electron chi connectivity index (χ2n) is 3.83. The molecule has 6 nitrogen and oxygen atoms in total. The highest BCUT2D eigenvalue weighted by Crippen LogP contribution is 2.15. The molecule has 0 aliphatic heterocycles. The third-order valence-corrected chi connectivity index (χ3v) is 3.60. The number of nitrogens with zero attached hydrogens (tertiary/aromatic N) is 2. The lowest BCUT2D eigenvalue weighted by molar-refractivity contribution is 0.556. The van der Waals surface area contributed by atoms with Gasteiger partial charge < -0.3 is 5.73 Å². The summed E-state index contributed by atoms with van der Waals surface area (Å²) >= 11 is 0. The van der Waals surface area contributed by atoms with E-state index in [-0.39, 0.29) is 12.4 Å². The van der Waals surface area contributed by atoms with Gasteiger partial charge in [0.25, 0.3) is 10.0 Å². The number of rotatable bonds is 3. The summed E-state index contributed by atoms with van der Waals surface area (Å²) < 4.78 is 39.7. The fourth-order valence-electron chi connectivity index (χ4n) is 1.47. The Morgan fingerprint density at radius 2 is 2.10 bits per heavy atom. The zero-order valence-corrected chi connectivity index (χ0v) is 11.6. The van der Waals surface area contributed by atoms with Gasteiger partial charge in [-0.3, -0.25) is 4.72 Å². The van der Waals surface area contributed by atoms with Crippen molar-refractivity contribution >= 4 is 15.8 Å². The molecule has 2 aromatic rings. The summed E-state index contributed by atoms with van der Waals surface area (Å²) in [4.78, 5) is 7.37. The van der Waals surface area contributed by atoms with Gasteiger partial charge in [0.15, 0.2) is 5.82 Å². The molecule has 0 aliphatic rings. The number of aromatic nitrogens is 2. The van der Waals surface area contributed by atoms with E-state index in [2.05, 4.69) is 26.5 Å². The Morgan fingerprint density at radius 1 is 1.29 bits per heavy atom. The van der Waals surface area contributed by atoms with Crippen molar-refractivity contribution in [2.24, 2.45) is 5.73 Å². The Hall–Kier alpha value is -2.50. The molecule has 2 rings (SSSR count). The predicted octanol–water partition coefficient (Wildman–Crippen LogP) is 0.727. The maximum atomic E-state index is 13.5. The van der Waals surface area contributed by atoms with Crippen LogP contribution in [-0.2, 0) is 10.0 Å². The Bertz CT molecular complexity index is 812. The maximum Gasteiger partial charge on any atom is 0.283 e. The number of sulfonamides is 1. The molecule has 21 heavy (non-hydrogen) atoms. The minimum atomic E-state index is -4.15. The lowest BCUT2D eigenvalue weighted by Gasteiger charge is -2.07. The van der Waals surface area contributed by atoms with Gasteiger partial charge in [-0.15, -0.1) is 0 Å². The summed E-state index contributed by atoms with van der Waals surface area (Å²) in [6, 6.07) is 5.33. The molecule has 0 radical (unpaired) electrons. The molecular formula is C13H11FN4O2S. The highest BCUT2D eigenvalue weighted by molar-refractivity contribution is 7.92. The molecule has 3 N–H and O–H groups in total. The number of halogens is 1. The van der Waals surface area contributed by atoms with E-state index < -0.39 is 20.9 Å². The molecule has 0 aliphatic carbocycles. The highest BCUT2D eigenvalue weighted by Gasteiger charge is 2.20. The van der Waals surface area contributed by atoms with E-state index in [0.29, 0.717) is 5.56 Å². The highest BCUT2D eigenvalue weighted by atomic mass is 32.2. The molecule has 0 bridgehead atoms. The zero-order valence-electron chi connectivity index (χ0n) is 10.7. The van der Waals surface area contributed by atoms with E-state index in [4.69, 9.17) is 5.73 Å². The molecule has 8 heteroatoms. The largest absolute Gasteiger partial charge is 0.320 e. The second-order valence-corrected chi connectivity index (χ2v) is 5.43. The number of anilines is 1. The van der Waals surface area contributed by atoms with Gasteiger partial charge >= 0.3 is 0 Å². The summed E-state index contributed by atoms with van der Waals surface area (Å²) in [7, 11) is -4.15. The molecule has 2 aromatic heterocycles. The Morgan fingerprint density at radius 3 is 2.81 bits per heavy atom. The number of hydrogen-bond acceptors (Lipinski definition) is 5. The first-order valence-electron chi connectivity index (χ1n) is 5.81. The van der Waals surface area contributed by atoms with E-state index in [1.807, 2.05) is 0 Å². The number of pyridine rings is 2. The third-order valence-electron chi connectivity index (χ3n) is 2.31. The third kappa shape index (κ3) is 3.75. The van der Waals surface area contributed by atoms with Crippen LogP contribution in [0.5, 0.6) is 0 Å². The Labute approximate surface area is 121 Å². The van der Waals surface area contributed by atoms with Crippen LogP contribution in [0, 0.1) is 17.7 Å². The van der Waals surface area contributed by atoms with Crippen LogP contribution in [0.1, 0.15) is 5.56 Å². The maximum absolute atomic E-state index is 13.5. The first-order valence-corrected chi connectivity index (χ1v) is 7.29. The SMILES string of the molecule is NCC#Cc1ccnc(NS(=O)(=O)c2ncccc2F)c1. The van der Waals surface area contributed by atoms with Crippen LogP contribution < -0.4 is 10.5 Å². The van der Waals surface area contributed by atoms with Gasteiger partial charge in [-0.2, -0.15) is 8.42 Å². The minimum Gasteiger partial charge on any atom is -0.320 e. The van der Waals surface area contributed by atoms with Crippen LogP contribution in [0.25, 0.3) is 0 Å². The van der Waals surface area contributed by atoms with Crippen molar-refractivity contribution in [1.29, 1.82) is 0 Å². The molecule has 0 saturated carbocycles. The standard InChI is InChI=1S/C13H11FN4O2S/c14-11-4-2-7-17-13(11)21(19,20)18-12-9-10(3-1-6-15)5-8-16-12/h2,4-5,7-9H,6,15H2,(H,16,18). The summed E-state index contributed by atoms with van der Waals surface area (Å²) in [5, 5.41) is -0.690. The quantitative estimate of drug-likeness (QED) is 0.815. The van der Waals surface area contributed by atoms with Crippen molar-refractivity contribution in [3.8, 4) is 11.8 Å². The molecule has 0 aromatic carbocycles. The van der Waals surface area contributed by atoms with Crippen LogP contribution in [0.4, 0.5) is 10.2 Å². The first-order chi connectivity index (χ1) is 10.0. The van der Waals surface area contributed by atoms with E-state index in [9.17, 15) is 12.8 Å². The first kappa shape index (κ1) is 14.9. The van der Waals surface area contributed by atoms with Crippen LogP contribution in [0.3, 0.4) is 0 Å². The summed E-state index contributed by atoms with van der Waals surface area (Å²) in [6.45, 7) is 0.183. The fourth-order valence-corrected chi connectivity index (χ4v) is 2.48. The van der Waals surface area contributed by atoms with Gasteiger partial charge in [0.05, 0.1) is 6.54 Å². The fraction of sp³-hybridized carbons (Fsp3) is 0.0769. The lowest BCUT2D eigenvalue weighted by Crippen LogP contribution is -2.17. The monoisotopic (exact) mass is 306 g/mol. The van der Waals surface area contributed by atoms with Gasteiger partial charge in [-0.1, -0.05) is 11.8 Å². The average molecular weight is 306 g/mol. The predicted molar refractivity (Wildman–Crippen MR) is 75.2 cm³/mol. The van der Waals surface area contributed by atoms with Crippen molar-refractivity contribution < 1.29 is 12.8 Å². The van der Waals surface area contributed by atoms with Crippen LogP contribution in [0.2, 0.25) is 0 Å². The zero-order chi connectivity index (χ0) is 15.3. The number of nitrogens with two attached hydrogens (primary N) is 1. The van der Waals surface area contributed by atoms with E-state index in [1.54, 1.807) is 6.07 Å². The smallest absolute Gasteiger partial charge is 0.283 e. The minimum absolute atomic E-state index is 0.0175. The molecule has 0 saturated heterocycles. The van der Waals surface area contributed by atoms with Gasteiger partial charge in [-0.25, -0.2) is 14.4 Å². The van der Waals surface area contributed by atoms with Crippen molar-refractivity contribution in [2.75, 3.05) is 11.3 Å². The van der Waals surface area contributed by atoms with Crippen molar-refractivity contribution in [1.82, 2.24) is 9.97 Å². The summed E-state index contributed by atoms with van der Waals surface area (Å²) in [5.74, 6) is 4.45. The van der Waals surface area contributed by atoms with Crippen LogP contribution >= 0.6 is 0 Å². The normalized spacial score (nSPS) is 10.6. The van der Waals surface area contributed by atoms with Crippen molar-refractivity contribution in [3.63, 3.8) is 0 Å². The van der Waals surface area contributed by atoms with Crippen molar-refractivity contribution in [3.05, 3.63) is 48.0 Å². The molecule has 0 fully saturated rings. The molecule has 108 valence electrons. The molecule has 0 unspecified atom stereocenters. The topological polar surface area (TPSA) is 98.0 Å². The molecule has 0 atom stereocenters. The van der Waals surface area contributed by atoms with Gasteiger partial charge in [0, 0.05) is 18.0 Å². The molecule has 0 amide bonds. The Kier molecular flexibility index (Phi) is 4.47. The average Bonchev–Trinajstić information content (AvgIpc) is 2.45. The van der Waals surface area contributed by atoms with Gasteiger partial charge in [-0.05, 0) is 24.3 Å². The van der Waals surface area contributed by atoms with Crippen LogP contribution in [-0.4, -0.2) is 24.9 Å². The van der Waals surface area contributed by atoms with Gasteiger partial charge in [0.1, 0.15) is 5.82 Å². The lowest BCUT2D eigenvalue weighted by atomic mass is 10.2.